The van der Waals surface area contributed by atoms with Gasteiger partial charge < -0.3 is 20.2 Å². The second kappa shape index (κ2) is 7.38. The standard InChI is InChI=1S/C14H21N9O2/c1-9-5-12(17-14(15-2)16-9)22-3-4-23(8-10(24)7-22)13(25)6-11-18-20-21-19-11/h5,10,24H,3-4,6-8H2,1-2H3,(H,15,16,17)(H,18,19,20,21). The van der Waals surface area contributed by atoms with Gasteiger partial charge in [-0.05, 0) is 6.92 Å². The van der Waals surface area contributed by atoms with Crippen molar-refractivity contribution >= 4 is 17.7 Å². The van der Waals surface area contributed by atoms with E-state index in [-0.39, 0.29) is 18.9 Å². The van der Waals surface area contributed by atoms with Gasteiger partial charge in [-0.15, -0.1) is 10.2 Å². The van der Waals surface area contributed by atoms with Gasteiger partial charge in [-0.1, -0.05) is 5.21 Å². The van der Waals surface area contributed by atoms with Gasteiger partial charge in [0.2, 0.25) is 11.9 Å². The molecule has 0 saturated carbocycles. The molecule has 1 atom stereocenters. The van der Waals surface area contributed by atoms with Crippen LogP contribution < -0.4 is 10.2 Å². The first-order valence-corrected chi connectivity index (χ1v) is 8.01. The minimum Gasteiger partial charge on any atom is -0.389 e. The van der Waals surface area contributed by atoms with E-state index in [0.717, 1.165) is 11.5 Å². The van der Waals surface area contributed by atoms with Gasteiger partial charge >= 0.3 is 0 Å². The molecule has 0 aliphatic carbocycles. The van der Waals surface area contributed by atoms with E-state index in [1.165, 1.54) is 0 Å². The molecule has 1 aliphatic rings. The number of aliphatic hydroxyl groups is 1. The van der Waals surface area contributed by atoms with E-state index in [1.54, 1.807) is 11.9 Å². The summed E-state index contributed by atoms with van der Waals surface area (Å²) >= 11 is 0. The van der Waals surface area contributed by atoms with E-state index in [9.17, 15) is 9.90 Å². The summed E-state index contributed by atoms with van der Waals surface area (Å²) in [5, 5.41) is 26.6. The van der Waals surface area contributed by atoms with Crippen LogP contribution in [0.15, 0.2) is 6.07 Å². The monoisotopic (exact) mass is 347 g/mol. The van der Waals surface area contributed by atoms with Gasteiger partial charge in [-0.2, -0.15) is 10.2 Å². The van der Waals surface area contributed by atoms with E-state index < -0.39 is 6.10 Å². The average Bonchev–Trinajstić information content (AvgIpc) is 3.01. The summed E-state index contributed by atoms with van der Waals surface area (Å²) in [6.07, 6.45) is -0.621. The Morgan fingerprint density at radius 3 is 2.96 bits per heavy atom. The number of nitrogens with one attached hydrogen (secondary N) is 2. The van der Waals surface area contributed by atoms with Crippen LogP contribution in [-0.4, -0.2) is 85.8 Å². The molecule has 1 amide bonds. The Labute approximate surface area is 144 Å². The molecule has 3 N–H and O–H groups in total. The quantitative estimate of drug-likeness (QED) is 0.609. The predicted octanol–water partition coefficient (Wildman–Crippen LogP) is -1.41. The number of aliphatic hydroxyl groups excluding tert-OH is 1. The summed E-state index contributed by atoms with van der Waals surface area (Å²) in [7, 11) is 1.76. The van der Waals surface area contributed by atoms with Crippen molar-refractivity contribution in [1.29, 1.82) is 0 Å². The normalized spacial score (nSPS) is 18.1. The molecular formula is C14H21N9O2. The average molecular weight is 347 g/mol. The summed E-state index contributed by atoms with van der Waals surface area (Å²) < 4.78 is 0. The smallest absolute Gasteiger partial charge is 0.230 e. The molecule has 2 aromatic heterocycles. The number of hydrogen-bond acceptors (Lipinski definition) is 9. The van der Waals surface area contributed by atoms with Crippen molar-refractivity contribution in [2.24, 2.45) is 0 Å². The summed E-state index contributed by atoms with van der Waals surface area (Å²) in [5.74, 6) is 1.45. The molecule has 25 heavy (non-hydrogen) atoms. The molecule has 11 nitrogen and oxygen atoms in total. The number of anilines is 2. The number of hydrogen-bond donors (Lipinski definition) is 3. The molecule has 0 aromatic carbocycles. The number of H-pyrrole nitrogens is 1. The lowest BCUT2D eigenvalue weighted by Crippen LogP contribution is -2.38. The van der Waals surface area contributed by atoms with Gasteiger partial charge in [-0.25, -0.2) is 4.98 Å². The number of tetrazole rings is 1. The number of aromatic amines is 1. The maximum absolute atomic E-state index is 12.4. The van der Waals surface area contributed by atoms with Crippen LogP contribution >= 0.6 is 0 Å². The van der Waals surface area contributed by atoms with Gasteiger partial charge in [0.05, 0.1) is 12.5 Å². The fourth-order valence-corrected chi connectivity index (χ4v) is 2.76. The number of rotatable bonds is 4. The van der Waals surface area contributed by atoms with Crippen molar-refractivity contribution in [1.82, 2.24) is 35.5 Å². The highest BCUT2D eigenvalue weighted by Gasteiger charge is 2.26. The van der Waals surface area contributed by atoms with Crippen molar-refractivity contribution in [3.63, 3.8) is 0 Å². The van der Waals surface area contributed by atoms with Crippen LogP contribution in [0.5, 0.6) is 0 Å². The summed E-state index contributed by atoms with van der Waals surface area (Å²) in [6.45, 7) is 3.59. The molecule has 3 heterocycles. The van der Waals surface area contributed by atoms with Gasteiger partial charge in [0.1, 0.15) is 5.82 Å². The fourth-order valence-electron chi connectivity index (χ4n) is 2.76. The highest BCUT2D eigenvalue weighted by Crippen LogP contribution is 2.17. The van der Waals surface area contributed by atoms with E-state index in [4.69, 9.17) is 0 Å². The van der Waals surface area contributed by atoms with Crippen molar-refractivity contribution in [2.45, 2.75) is 19.4 Å². The van der Waals surface area contributed by atoms with Crippen molar-refractivity contribution in [3.8, 4) is 0 Å². The van der Waals surface area contributed by atoms with E-state index >= 15 is 0 Å². The van der Waals surface area contributed by atoms with Gasteiger partial charge in [-0.3, -0.25) is 4.79 Å². The zero-order valence-electron chi connectivity index (χ0n) is 14.2. The van der Waals surface area contributed by atoms with Crippen LogP contribution in [0.1, 0.15) is 11.5 Å². The maximum atomic E-state index is 12.4. The summed E-state index contributed by atoms with van der Waals surface area (Å²) in [5.41, 5.74) is 0.832. The Morgan fingerprint density at radius 1 is 1.40 bits per heavy atom. The third kappa shape index (κ3) is 4.18. The van der Waals surface area contributed by atoms with Crippen molar-refractivity contribution in [3.05, 3.63) is 17.6 Å². The molecule has 3 rings (SSSR count). The van der Waals surface area contributed by atoms with Crippen molar-refractivity contribution < 1.29 is 9.90 Å². The number of nitrogens with zero attached hydrogens (tertiary/aromatic N) is 7. The topological polar surface area (TPSA) is 136 Å². The molecular weight excluding hydrogens is 326 g/mol. The number of aromatic nitrogens is 6. The molecule has 11 heteroatoms. The van der Waals surface area contributed by atoms with Gasteiger partial charge in [0.15, 0.2) is 5.82 Å². The largest absolute Gasteiger partial charge is 0.389 e. The van der Waals surface area contributed by atoms with Crippen LogP contribution in [0.4, 0.5) is 11.8 Å². The van der Waals surface area contributed by atoms with E-state index in [2.05, 4.69) is 35.9 Å². The van der Waals surface area contributed by atoms with Crippen LogP contribution in [0.25, 0.3) is 0 Å². The molecule has 1 aliphatic heterocycles. The van der Waals surface area contributed by atoms with E-state index in [1.807, 2.05) is 17.9 Å². The minimum absolute atomic E-state index is 0.0553. The number of carbonyl (C=O) groups excluding carboxylic acids is 1. The van der Waals surface area contributed by atoms with Crippen LogP contribution in [-0.2, 0) is 11.2 Å². The molecule has 0 spiro atoms. The van der Waals surface area contributed by atoms with Crippen LogP contribution in [0.2, 0.25) is 0 Å². The first kappa shape index (κ1) is 17.0. The molecule has 1 saturated heterocycles. The summed E-state index contributed by atoms with van der Waals surface area (Å²) in [4.78, 5) is 24.7. The Kier molecular flexibility index (Phi) is 5.03. The molecule has 1 unspecified atom stereocenters. The molecule has 1 fully saturated rings. The molecule has 134 valence electrons. The van der Waals surface area contributed by atoms with Crippen molar-refractivity contribution in [2.75, 3.05) is 43.4 Å². The number of aryl methyl sites for hydroxylation is 1. The zero-order chi connectivity index (χ0) is 17.8. The fraction of sp³-hybridized carbons (Fsp3) is 0.571. The lowest BCUT2D eigenvalue weighted by molar-refractivity contribution is -0.131. The Hall–Kier alpha value is -2.82. The Bertz CT molecular complexity index is 721. The number of carbonyl (C=O) groups is 1. The first-order chi connectivity index (χ1) is 12.0. The minimum atomic E-state index is -0.676. The molecule has 0 radical (unpaired) electrons. The summed E-state index contributed by atoms with van der Waals surface area (Å²) in [6, 6.07) is 1.87. The Balaban J connectivity index is 1.70. The molecule has 0 bridgehead atoms. The second-order valence-corrected chi connectivity index (χ2v) is 5.89. The lowest BCUT2D eigenvalue weighted by Gasteiger charge is -2.23. The Morgan fingerprint density at radius 2 is 2.24 bits per heavy atom. The van der Waals surface area contributed by atoms with Crippen LogP contribution in [0.3, 0.4) is 0 Å². The highest BCUT2D eigenvalue weighted by molar-refractivity contribution is 5.78. The zero-order valence-corrected chi connectivity index (χ0v) is 14.2. The number of amides is 1. The third-order valence-corrected chi connectivity index (χ3v) is 3.94. The predicted molar refractivity (Wildman–Crippen MR) is 89.0 cm³/mol. The van der Waals surface area contributed by atoms with E-state index in [0.29, 0.717) is 31.4 Å². The number of β-amino-alcohol motifs (C(OH)–C–C–N with tert-alkyl or cyclic N) is 1. The van der Waals surface area contributed by atoms with Gasteiger partial charge in [0, 0.05) is 45.0 Å². The first-order valence-electron chi connectivity index (χ1n) is 8.01. The van der Waals surface area contributed by atoms with Crippen LogP contribution in [0, 0.1) is 6.92 Å². The lowest BCUT2D eigenvalue weighted by atomic mass is 10.3. The highest BCUT2D eigenvalue weighted by atomic mass is 16.3. The SMILES string of the molecule is CNc1nc(C)cc(N2CCN(C(=O)Cc3nn[nH]n3)CC(O)C2)n1. The third-order valence-electron chi connectivity index (χ3n) is 3.94. The van der Waals surface area contributed by atoms with Gasteiger partial charge in [0.25, 0.3) is 0 Å². The second-order valence-electron chi connectivity index (χ2n) is 5.89. The molecule has 2 aromatic rings. The maximum Gasteiger partial charge on any atom is 0.230 e.